The van der Waals surface area contributed by atoms with Crippen LogP contribution in [0.4, 0.5) is 24.3 Å². The first-order valence-corrected chi connectivity index (χ1v) is 6.76. The van der Waals surface area contributed by atoms with Gasteiger partial charge in [0, 0.05) is 42.5 Å². The Balaban J connectivity index is 0.00000242. The van der Waals surface area contributed by atoms with Gasteiger partial charge in [0.2, 0.25) is 0 Å². The fourth-order valence-electron chi connectivity index (χ4n) is 2.46. The summed E-state index contributed by atoms with van der Waals surface area (Å²) in [4.78, 5) is 4.71. The third-order valence-electron chi connectivity index (χ3n) is 3.56. The van der Waals surface area contributed by atoms with Crippen molar-refractivity contribution in [1.82, 2.24) is 5.32 Å². The zero-order chi connectivity index (χ0) is 15.5. The summed E-state index contributed by atoms with van der Waals surface area (Å²) < 4.78 is 38.2. The SMILES string of the molecule is Cc1c(C[B-](F)(F)F)cc(N2CCNCC2)cc1N=[N+]=[N-].[K+]. The second-order valence-corrected chi connectivity index (χ2v) is 5.09. The summed E-state index contributed by atoms with van der Waals surface area (Å²) in [6, 6.07) is 3.22. The van der Waals surface area contributed by atoms with Gasteiger partial charge in [-0.3, -0.25) is 0 Å². The zero-order valence-electron chi connectivity index (χ0n) is 12.7. The van der Waals surface area contributed by atoms with Crippen LogP contribution < -0.4 is 61.6 Å². The molecule has 0 unspecified atom stereocenters. The molecule has 1 aromatic carbocycles. The van der Waals surface area contributed by atoms with Gasteiger partial charge < -0.3 is 23.2 Å². The molecule has 1 N–H and O–H groups in total. The molecule has 0 amide bonds. The van der Waals surface area contributed by atoms with E-state index in [1.54, 1.807) is 19.1 Å². The summed E-state index contributed by atoms with van der Waals surface area (Å²) in [7, 11) is 0. The van der Waals surface area contributed by atoms with E-state index in [4.69, 9.17) is 5.53 Å². The van der Waals surface area contributed by atoms with Crippen LogP contribution >= 0.6 is 0 Å². The number of nitrogens with one attached hydrogen (secondary N) is 1. The maximum Gasteiger partial charge on any atom is 1.00 e. The molecule has 2 rings (SSSR count). The Labute approximate surface area is 169 Å². The molecule has 0 atom stereocenters. The standard InChI is InChI=1S/C12H16BF3N5.K/c1-9-10(8-13(14,15)16)6-11(7-12(9)19-20-17)21-4-2-18-3-5-21;/h6-7,18H,2-5,8H2,1H3;/q-1;+1. The fourth-order valence-corrected chi connectivity index (χ4v) is 2.46. The predicted octanol–water partition coefficient (Wildman–Crippen LogP) is 0.280. The summed E-state index contributed by atoms with van der Waals surface area (Å²) in [6.45, 7) is -0.376. The number of piperazine rings is 1. The zero-order valence-corrected chi connectivity index (χ0v) is 15.8. The minimum atomic E-state index is -4.93. The smallest absolute Gasteiger partial charge is 0.449 e. The average molecular weight is 337 g/mol. The van der Waals surface area contributed by atoms with Crippen molar-refractivity contribution in [2.24, 2.45) is 5.11 Å². The second-order valence-electron chi connectivity index (χ2n) is 5.09. The van der Waals surface area contributed by atoms with E-state index in [-0.39, 0.29) is 62.6 Å². The number of benzene rings is 1. The predicted molar refractivity (Wildman–Crippen MR) is 77.8 cm³/mol. The first kappa shape index (κ1) is 19.8. The van der Waals surface area contributed by atoms with Gasteiger partial charge in [0.15, 0.2) is 0 Å². The van der Waals surface area contributed by atoms with Crippen LogP contribution in [0.2, 0.25) is 0 Å². The maximum atomic E-state index is 12.7. The van der Waals surface area contributed by atoms with Crippen LogP contribution in [-0.2, 0) is 6.32 Å². The number of hydrogen-bond acceptors (Lipinski definition) is 3. The van der Waals surface area contributed by atoms with Gasteiger partial charge in [-0.2, -0.15) is 0 Å². The van der Waals surface area contributed by atoms with E-state index in [1.807, 2.05) is 4.90 Å². The van der Waals surface area contributed by atoms with Crippen LogP contribution in [0.3, 0.4) is 0 Å². The van der Waals surface area contributed by atoms with E-state index in [9.17, 15) is 12.9 Å². The van der Waals surface area contributed by atoms with Crippen LogP contribution in [0.25, 0.3) is 10.4 Å². The van der Waals surface area contributed by atoms with Gasteiger partial charge in [0.05, 0.1) is 0 Å². The van der Waals surface area contributed by atoms with Crippen molar-refractivity contribution in [2.75, 3.05) is 31.1 Å². The summed E-state index contributed by atoms with van der Waals surface area (Å²) in [5.74, 6) is 0. The molecule has 1 heterocycles. The van der Waals surface area contributed by atoms with E-state index in [1.165, 1.54) is 0 Å². The molecule has 22 heavy (non-hydrogen) atoms. The molecule has 5 nitrogen and oxygen atoms in total. The Kier molecular flexibility index (Phi) is 7.73. The molecule has 0 saturated carbocycles. The summed E-state index contributed by atoms with van der Waals surface area (Å²) in [6.07, 6.45) is -0.959. The summed E-state index contributed by atoms with van der Waals surface area (Å²) >= 11 is 0. The van der Waals surface area contributed by atoms with Gasteiger partial charge in [0.25, 0.3) is 0 Å². The minimum absolute atomic E-state index is 0. The molecular formula is C12H16BF3KN5. The molecule has 0 aliphatic carbocycles. The Morgan fingerprint density at radius 3 is 2.50 bits per heavy atom. The van der Waals surface area contributed by atoms with Gasteiger partial charge in [-0.05, 0) is 30.2 Å². The Morgan fingerprint density at radius 2 is 1.95 bits per heavy atom. The summed E-state index contributed by atoms with van der Waals surface area (Å²) in [5.41, 5.74) is 10.1. The Hall–Kier alpha value is -0.219. The van der Waals surface area contributed by atoms with Crippen LogP contribution in [0.15, 0.2) is 17.2 Å². The normalized spacial score (nSPS) is 15.0. The third-order valence-corrected chi connectivity index (χ3v) is 3.56. The summed E-state index contributed by atoms with van der Waals surface area (Å²) in [5, 5.41) is 6.72. The van der Waals surface area contributed by atoms with Crippen molar-refractivity contribution >= 4 is 18.4 Å². The number of hydrogen-bond donors (Lipinski definition) is 1. The number of rotatable bonds is 4. The van der Waals surface area contributed by atoms with Crippen molar-refractivity contribution in [3.8, 4) is 0 Å². The van der Waals surface area contributed by atoms with Crippen molar-refractivity contribution in [1.29, 1.82) is 0 Å². The molecule has 1 saturated heterocycles. The number of halogens is 3. The molecule has 0 radical (unpaired) electrons. The largest absolute Gasteiger partial charge is 1.00 e. The molecule has 0 spiro atoms. The van der Waals surface area contributed by atoms with Crippen molar-refractivity contribution in [3.05, 3.63) is 33.7 Å². The van der Waals surface area contributed by atoms with Gasteiger partial charge >= 0.3 is 58.4 Å². The Morgan fingerprint density at radius 1 is 1.32 bits per heavy atom. The molecule has 1 fully saturated rings. The molecular weight excluding hydrogens is 321 g/mol. The second kappa shape index (κ2) is 8.58. The maximum absolute atomic E-state index is 12.7. The molecule has 1 aliphatic heterocycles. The molecule has 10 heteroatoms. The van der Waals surface area contributed by atoms with E-state index < -0.39 is 13.3 Å². The van der Waals surface area contributed by atoms with Crippen LogP contribution in [0, 0.1) is 6.92 Å². The van der Waals surface area contributed by atoms with Gasteiger partial charge in [0.1, 0.15) is 0 Å². The van der Waals surface area contributed by atoms with Crippen LogP contribution in [-0.4, -0.2) is 33.2 Å². The third kappa shape index (κ3) is 5.45. The van der Waals surface area contributed by atoms with E-state index in [0.717, 1.165) is 26.2 Å². The monoisotopic (exact) mass is 337 g/mol. The molecule has 1 aliphatic rings. The van der Waals surface area contributed by atoms with Crippen LogP contribution in [0.1, 0.15) is 11.1 Å². The number of azide groups is 1. The first-order chi connectivity index (χ1) is 9.90. The molecule has 114 valence electrons. The molecule has 1 aromatic rings. The van der Waals surface area contributed by atoms with Crippen molar-refractivity contribution in [2.45, 2.75) is 13.2 Å². The van der Waals surface area contributed by atoms with Crippen LogP contribution in [0.5, 0.6) is 0 Å². The van der Waals surface area contributed by atoms with E-state index >= 15 is 0 Å². The van der Waals surface area contributed by atoms with Gasteiger partial charge in [-0.25, -0.2) is 0 Å². The molecule has 0 bridgehead atoms. The number of anilines is 1. The Bertz CT molecular complexity index is 569. The van der Waals surface area contributed by atoms with Crippen molar-refractivity contribution in [3.63, 3.8) is 0 Å². The van der Waals surface area contributed by atoms with E-state index in [0.29, 0.717) is 11.3 Å². The number of nitrogens with zero attached hydrogens (tertiary/aromatic N) is 4. The fraction of sp³-hybridized carbons (Fsp3) is 0.500. The first-order valence-electron chi connectivity index (χ1n) is 6.76. The topological polar surface area (TPSA) is 64.0 Å². The van der Waals surface area contributed by atoms with Crippen molar-refractivity contribution < 1.29 is 64.3 Å². The molecule has 0 aromatic heterocycles. The van der Waals surface area contributed by atoms with Gasteiger partial charge in [-0.15, -0.1) is 0 Å². The van der Waals surface area contributed by atoms with Gasteiger partial charge in [-0.1, -0.05) is 17.0 Å². The van der Waals surface area contributed by atoms with E-state index in [2.05, 4.69) is 15.3 Å². The quantitative estimate of drug-likeness (QED) is 0.371. The minimum Gasteiger partial charge on any atom is -0.449 e. The average Bonchev–Trinajstić information content (AvgIpc) is 2.43.